The van der Waals surface area contributed by atoms with Gasteiger partial charge in [-0.15, -0.1) is 0 Å². The summed E-state index contributed by atoms with van der Waals surface area (Å²) in [5.74, 6) is 0.0798. The lowest BCUT2D eigenvalue weighted by atomic mass is 10.0. The van der Waals surface area contributed by atoms with Gasteiger partial charge >= 0.3 is 0 Å². The molecular weight excluding hydrogens is 470 g/mol. The molecule has 2 aromatic carbocycles. The number of carbonyl (C=O) groups is 2. The minimum absolute atomic E-state index is 0.0455. The van der Waals surface area contributed by atoms with Crippen molar-refractivity contribution < 1.29 is 19.1 Å². The number of nitrogens with one attached hydrogen (secondary N) is 1. The lowest BCUT2D eigenvalue weighted by molar-refractivity contribution is -0.122. The van der Waals surface area contributed by atoms with Gasteiger partial charge in [-0.2, -0.15) is 0 Å². The minimum Gasteiger partial charge on any atom is -0.493 e. The van der Waals surface area contributed by atoms with Crippen LogP contribution in [0.1, 0.15) is 34.8 Å². The number of rotatable bonds is 10. The van der Waals surface area contributed by atoms with Crippen molar-refractivity contribution in [3.63, 3.8) is 0 Å². The summed E-state index contributed by atoms with van der Waals surface area (Å²) in [7, 11) is 2.97. The van der Waals surface area contributed by atoms with Crippen molar-refractivity contribution in [2.24, 2.45) is 0 Å². The molecule has 8 nitrogen and oxygen atoms in total. The lowest BCUT2D eigenvalue weighted by Crippen LogP contribution is -2.36. The average molecular weight is 500 g/mol. The zero-order chi connectivity index (χ0) is 26.4. The summed E-state index contributed by atoms with van der Waals surface area (Å²) in [5, 5.41) is 3.27. The molecule has 1 atom stereocenters. The first-order chi connectivity index (χ1) is 17.9. The number of amides is 1. The molecule has 8 heteroatoms. The molecule has 0 radical (unpaired) electrons. The summed E-state index contributed by atoms with van der Waals surface area (Å²) < 4.78 is 12.4. The first-order valence-corrected chi connectivity index (χ1v) is 12.0. The second-order valence-corrected chi connectivity index (χ2v) is 8.78. The van der Waals surface area contributed by atoms with Crippen LogP contribution in [0.15, 0.2) is 78.0 Å². The van der Waals surface area contributed by atoms with Crippen LogP contribution in [0.2, 0.25) is 0 Å². The molecule has 0 aliphatic heterocycles. The van der Waals surface area contributed by atoms with E-state index >= 15 is 0 Å². The number of benzene rings is 2. The number of methoxy groups -OCH3 is 2. The molecule has 0 fully saturated rings. The second-order valence-electron chi connectivity index (χ2n) is 8.78. The number of aromatic nitrogens is 2. The predicted octanol–water partition coefficient (Wildman–Crippen LogP) is 3.78. The van der Waals surface area contributed by atoms with Crippen LogP contribution in [0, 0.1) is 0 Å². The van der Waals surface area contributed by atoms with Crippen molar-refractivity contribution in [1.82, 2.24) is 14.9 Å². The van der Waals surface area contributed by atoms with Gasteiger partial charge in [0.05, 0.1) is 30.7 Å². The van der Waals surface area contributed by atoms with E-state index in [4.69, 9.17) is 9.47 Å². The van der Waals surface area contributed by atoms with Gasteiger partial charge in [-0.3, -0.25) is 19.4 Å². The van der Waals surface area contributed by atoms with E-state index in [1.807, 2.05) is 25.1 Å². The molecule has 1 N–H and O–H groups in total. The normalized spacial score (nSPS) is 11.6. The number of fused-ring (bicyclic) bond motifs is 1. The monoisotopic (exact) mass is 499 g/mol. The molecule has 0 saturated carbocycles. The fourth-order valence-corrected chi connectivity index (χ4v) is 4.24. The molecule has 37 heavy (non-hydrogen) atoms. The summed E-state index contributed by atoms with van der Waals surface area (Å²) in [6.07, 6.45) is 6.03. The maximum atomic E-state index is 13.4. The van der Waals surface area contributed by atoms with Crippen LogP contribution < -0.4 is 20.2 Å². The highest BCUT2D eigenvalue weighted by Gasteiger charge is 2.20. The van der Waals surface area contributed by atoms with E-state index in [0.717, 1.165) is 12.8 Å². The summed E-state index contributed by atoms with van der Waals surface area (Å²) in [6.45, 7) is 1.87. The molecule has 0 spiro atoms. The van der Waals surface area contributed by atoms with Gasteiger partial charge in [0, 0.05) is 36.3 Å². The van der Waals surface area contributed by atoms with Crippen LogP contribution in [-0.4, -0.2) is 41.5 Å². The summed E-state index contributed by atoms with van der Waals surface area (Å²) in [6, 6.07) is 16.3. The zero-order valence-corrected chi connectivity index (χ0v) is 21.1. The first-order valence-electron chi connectivity index (χ1n) is 12.0. The minimum atomic E-state index is -0.453. The Hall–Kier alpha value is -4.46. The third-order valence-electron chi connectivity index (χ3n) is 6.20. The van der Waals surface area contributed by atoms with Crippen molar-refractivity contribution >= 4 is 22.6 Å². The van der Waals surface area contributed by atoms with Crippen LogP contribution in [0.3, 0.4) is 0 Å². The number of ketones is 1. The van der Waals surface area contributed by atoms with Crippen LogP contribution in [0.5, 0.6) is 11.5 Å². The van der Waals surface area contributed by atoms with Gasteiger partial charge in [-0.25, -0.2) is 0 Å². The number of carbonyl (C=O) groups excluding carboxylic acids is 2. The van der Waals surface area contributed by atoms with Gasteiger partial charge in [-0.05, 0) is 43.5 Å². The van der Waals surface area contributed by atoms with Gasteiger partial charge in [0.25, 0.3) is 0 Å². The van der Waals surface area contributed by atoms with Crippen molar-refractivity contribution in [1.29, 1.82) is 0 Å². The van der Waals surface area contributed by atoms with Crippen molar-refractivity contribution in [2.75, 3.05) is 14.2 Å². The zero-order valence-electron chi connectivity index (χ0n) is 21.1. The van der Waals surface area contributed by atoms with Crippen LogP contribution >= 0.6 is 0 Å². The van der Waals surface area contributed by atoms with E-state index in [1.54, 1.807) is 22.8 Å². The Morgan fingerprint density at radius 3 is 2.35 bits per heavy atom. The Kier molecular flexibility index (Phi) is 7.98. The van der Waals surface area contributed by atoms with E-state index in [2.05, 4.69) is 22.4 Å². The molecule has 4 aromatic rings. The first kappa shape index (κ1) is 25.6. The second kappa shape index (κ2) is 11.5. The largest absolute Gasteiger partial charge is 0.493 e. The van der Waals surface area contributed by atoms with Crippen molar-refractivity contribution in [2.45, 2.75) is 32.4 Å². The molecule has 0 unspecified atom stereocenters. The molecule has 4 rings (SSSR count). The Morgan fingerprint density at radius 1 is 1.00 bits per heavy atom. The fraction of sp³-hybridized carbons (Fsp3) is 0.241. The quantitative estimate of drug-likeness (QED) is 0.334. The topological polar surface area (TPSA) is 99.5 Å². The Morgan fingerprint density at radius 2 is 1.68 bits per heavy atom. The highest BCUT2D eigenvalue weighted by molar-refractivity contribution is 6.10. The maximum Gasteiger partial charge on any atom is 0.240 e. The highest BCUT2D eigenvalue weighted by Crippen LogP contribution is 2.31. The smallest absolute Gasteiger partial charge is 0.240 e. The van der Waals surface area contributed by atoms with Gasteiger partial charge in [-0.1, -0.05) is 30.3 Å². The standard InChI is InChI=1S/C29H29N3O5/c1-19(9-10-20-7-5-4-6-8-20)31-27(33)18-32-17-23(28(34)21-11-13-30-14-12-21)29(35)22-15-25(36-2)26(37-3)16-24(22)32/h4-8,11-17,19H,9-10,18H2,1-3H3,(H,31,33)/t19-/m0/s1. The maximum absolute atomic E-state index is 13.4. The van der Waals surface area contributed by atoms with Crippen LogP contribution in [0.25, 0.3) is 10.9 Å². The number of nitrogens with zero attached hydrogens (tertiary/aromatic N) is 2. The lowest BCUT2D eigenvalue weighted by Gasteiger charge is -2.18. The SMILES string of the molecule is COc1cc2c(=O)c(C(=O)c3ccncc3)cn(CC(=O)N[C@@H](C)CCc3ccccc3)c2cc1OC. The molecule has 190 valence electrons. The molecule has 0 aliphatic rings. The predicted molar refractivity (Wildman–Crippen MR) is 141 cm³/mol. The summed E-state index contributed by atoms with van der Waals surface area (Å²) in [5.41, 5.74) is 1.50. The average Bonchev–Trinajstić information content (AvgIpc) is 2.93. The molecule has 0 aliphatic carbocycles. The third-order valence-corrected chi connectivity index (χ3v) is 6.20. The molecule has 2 aromatic heterocycles. The highest BCUT2D eigenvalue weighted by atomic mass is 16.5. The number of aryl methyl sites for hydroxylation is 1. The van der Waals surface area contributed by atoms with Gasteiger partial charge in [0.1, 0.15) is 6.54 Å². The summed E-state index contributed by atoms with van der Waals surface area (Å²) in [4.78, 5) is 43.6. The molecule has 0 saturated heterocycles. The Labute approximate surface area is 214 Å². The molecule has 2 heterocycles. The molecular formula is C29H29N3O5. The number of hydrogen-bond acceptors (Lipinski definition) is 6. The number of pyridine rings is 2. The van der Waals surface area contributed by atoms with Gasteiger partial charge < -0.3 is 19.4 Å². The summed E-state index contributed by atoms with van der Waals surface area (Å²) >= 11 is 0. The van der Waals surface area contributed by atoms with E-state index in [1.165, 1.54) is 44.4 Å². The number of ether oxygens (including phenoxy) is 2. The van der Waals surface area contributed by atoms with E-state index in [0.29, 0.717) is 22.6 Å². The van der Waals surface area contributed by atoms with E-state index in [9.17, 15) is 14.4 Å². The fourth-order valence-electron chi connectivity index (χ4n) is 4.24. The Balaban J connectivity index is 1.66. The van der Waals surface area contributed by atoms with Gasteiger partial charge in [0.15, 0.2) is 17.3 Å². The Bertz CT molecular complexity index is 1470. The van der Waals surface area contributed by atoms with Crippen molar-refractivity contribution in [3.05, 3.63) is 100 Å². The third kappa shape index (κ3) is 5.86. The van der Waals surface area contributed by atoms with E-state index < -0.39 is 11.2 Å². The number of hydrogen-bond donors (Lipinski definition) is 1. The van der Waals surface area contributed by atoms with Gasteiger partial charge in [0.2, 0.25) is 11.3 Å². The molecule has 0 bridgehead atoms. The van der Waals surface area contributed by atoms with Crippen LogP contribution in [-0.2, 0) is 17.8 Å². The molecule has 1 amide bonds. The van der Waals surface area contributed by atoms with Crippen molar-refractivity contribution in [3.8, 4) is 11.5 Å². The van der Waals surface area contributed by atoms with E-state index in [-0.39, 0.29) is 29.4 Å². The van der Waals surface area contributed by atoms with Crippen LogP contribution in [0.4, 0.5) is 0 Å².